The molecule has 2 aliphatic rings. The molecule has 1 fully saturated rings. The first-order valence-corrected chi connectivity index (χ1v) is 10.3. The molecule has 7 nitrogen and oxygen atoms in total. The fourth-order valence-corrected chi connectivity index (χ4v) is 3.86. The van der Waals surface area contributed by atoms with Crippen molar-refractivity contribution in [1.29, 1.82) is 0 Å². The van der Waals surface area contributed by atoms with Crippen LogP contribution in [0.5, 0.6) is 11.5 Å². The molecule has 1 amide bonds. The number of aliphatic hydroxyl groups excluding tert-OH is 1. The highest BCUT2D eigenvalue weighted by Crippen LogP contribution is 2.41. The highest BCUT2D eigenvalue weighted by atomic mass is 16.6. The summed E-state index contributed by atoms with van der Waals surface area (Å²) < 4.78 is 11.1. The molecule has 0 aliphatic carbocycles. The number of aliphatic hydroxyl groups is 1. The monoisotopic (exact) mass is 422 g/mol. The molecule has 0 saturated carbocycles. The molecule has 2 aromatic carbocycles. The Kier molecular flexibility index (Phi) is 5.69. The van der Waals surface area contributed by atoms with Gasteiger partial charge in [-0.3, -0.25) is 9.59 Å². The van der Waals surface area contributed by atoms with Gasteiger partial charge in [0.25, 0.3) is 11.7 Å². The van der Waals surface area contributed by atoms with E-state index in [1.165, 1.54) is 4.90 Å². The van der Waals surface area contributed by atoms with Gasteiger partial charge < -0.3 is 24.4 Å². The van der Waals surface area contributed by atoms with Crippen LogP contribution in [0, 0.1) is 6.92 Å². The summed E-state index contributed by atoms with van der Waals surface area (Å²) in [6, 6.07) is 12.0. The van der Waals surface area contributed by atoms with Gasteiger partial charge in [-0.1, -0.05) is 29.8 Å². The molecule has 2 aromatic rings. The minimum Gasteiger partial charge on any atom is -0.507 e. The summed E-state index contributed by atoms with van der Waals surface area (Å²) in [5, 5.41) is 11.2. The number of carbonyl (C=O) groups is 2. The average Bonchev–Trinajstić information content (AvgIpc) is 3.02. The number of rotatable bonds is 5. The Morgan fingerprint density at radius 3 is 2.42 bits per heavy atom. The first kappa shape index (κ1) is 20.9. The molecule has 1 atom stereocenters. The molecule has 0 spiro atoms. The van der Waals surface area contributed by atoms with E-state index in [9.17, 15) is 14.7 Å². The number of amides is 1. The van der Waals surface area contributed by atoms with Crippen molar-refractivity contribution in [1.82, 2.24) is 9.80 Å². The third kappa shape index (κ3) is 4.01. The van der Waals surface area contributed by atoms with E-state index in [1.54, 1.807) is 18.2 Å². The lowest BCUT2D eigenvalue weighted by atomic mass is 9.94. The smallest absolute Gasteiger partial charge is 0.295 e. The van der Waals surface area contributed by atoms with Gasteiger partial charge in [-0.05, 0) is 44.8 Å². The quantitative estimate of drug-likeness (QED) is 0.454. The summed E-state index contributed by atoms with van der Waals surface area (Å²) >= 11 is 0. The summed E-state index contributed by atoms with van der Waals surface area (Å²) in [5.74, 6) is -0.412. The number of Topliss-reactive ketones (excluding diaryl/α,β-unsaturated/α-hetero) is 1. The lowest BCUT2D eigenvalue weighted by Gasteiger charge is -2.26. The fourth-order valence-electron chi connectivity index (χ4n) is 3.86. The fraction of sp³-hybridized carbons (Fsp3) is 0.333. The largest absolute Gasteiger partial charge is 0.507 e. The Morgan fingerprint density at radius 2 is 1.74 bits per heavy atom. The standard InChI is InChI=1S/C24H26N2O5/c1-15-4-6-16(7-5-15)21-20(23(28)24(29)26(21)11-10-25(2)3)22(27)17-8-9-18-19(14-17)31-13-12-30-18/h4-9,14,21,27H,10-13H2,1-3H3/t21-/m0/s1. The average molecular weight is 422 g/mol. The molecule has 2 aliphatic heterocycles. The first-order chi connectivity index (χ1) is 14.9. The van der Waals surface area contributed by atoms with E-state index in [1.807, 2.05) is 50.2 Å². The van der Waals surface area contributed by atoms with Gasteiger partial charge >= 0.3 is 0 Å². The van der Waals surface area contributed by atoms with E-state index in [2.05, 4.69) is 0 Å². The lowest BCUT2D eigenvalue weighted by Crippen LogP contribution is -2.35. The molecule has 162 valence electrons. The Labute approximate surface area is 181 Å². The molecule has 4 rings (SSSR count). The Bertz CT molecular complexity index is 1040. The minimum absolute atomic E-state index is 0.0873. The highest BCUT2D eigenvalue weighted by Gasteiger charge is 2.45. The number of hydrogen-bond acceptors (Lipinski definition) is 6. The van der Waals surface area contributed by atoms with Crippen LogP contribution in [-0.4, -0.2) is 67.0 Å². The molecule has 0 radical (unpaired) electrons. The van der Waals surface area contributed by atoms with E-state index in [4.69, 9.17) is 9.47 Å². The predicted molar refractivity (Wildman–Crippen MR) is 116 cm³/mol. The molecule has 2 heterocycles. The Hall–Kier alpha value is -3.32. The van der Waals surface area contributed by atoms with Crippen LogP contribution in [0.4, 0.5) is 0 Å². The van der Waals surface area contributed by atoms with Crippen molar-refractivity contribution in [2.75, 3.05) is 40.4 Å². The van der Waals surface area contributed by atoms with Crippen LogP contribution in [0.2, 0.25) is 0 Å². The second-order valence-corrected chi connectivity index (χ2v) is 8.06. The minimum atomic E-state index is -0.684. The highest BCUT2D eigenvalue weighted by molar-refractivity contribution is 6.46. The maximum absolute atomic E-state index is 13.0. The molecule has 31 heavy (non-hydrogen) atoms. The zero-order valence-corrected chi connectivity index (χ0v) is 17.9. The number of carbonyl (C=O) groups excluding carboxylic acids is 2. The van der Waals surface area contributed by atoms with E-state index >= 15 is 0 Å². The third-order valence-electron chi connectivity index (χ3n) is 5.54. The van der Waals surface area contributed by atoms with Gasteiger partial charge in [0.1, 0.15) is 19.0 Å². The maximum atomic E-state index is 13.0. The topological polar surface area (TPSA) is 79.3 Å². The maximum Gasteiger partial charge on any atom is 0.295 e. The first-order valence-electron chi connectivity index (χ1n) is 10.3. The number of ketones is 1. The van der Waals surface area contributed by atoms with Crippen molar-refractivity contribution in [3.63, 3.8) is 0 Å². The number of nitrogens with zero attached hydrogens (tertiary/aromatic N) is 2. The van der Waals surface area contributed by atoms with Crippen LogP contribution in [0.1, 0.15) is 22.7 Å². The van der Waals surface area contributed by atoms with Crippen LogP contribution >= 0.6 is 0 Å². The van der Waals surface area contributed by atoms with Gasteiger partial charge in [-0.2, -0.15) is 0 Å². The summed E-state index contributed by atoms with van der Waals surface area (Å²) in [5.41, 5.74) is 2.35. The van der Waals surface area contributed by atoms with Crippen LogP contribution in [0.3, 0.4) is 0 Å². The molecule has 1 N–H and O–H groups in total. The van der Waals surface area contributed by atoms with Crippen molar-refractivity contribution in [2.24, 2.45) is 0 Å². The van der Waals surface area contributed by atoms with E-state index in [-0.39, 0.29) is 11.3 Å². The van der Waals surface area contributed by atoms with Crippen molar-refractivity contribution in [2.45, 2.75) is 13.0 Å². The zero-order valence-electron chi connectivity index (χ0n) is 17.9. The summed E-state index contributed by atoms with van der Waals surface area (Å²) in [4.78, 5) is 29.4. The number of aryl methyl sites for hydroxylation is 1. The lowest BCUT2D eigenvalue weighted by molar-refractivity contribution is -0.140. The molecule has 0 bridgehead atoms. The normalized spacial score (nSPS) is 19.9. The second-order valence-electron chi connectivity index (χ2n) is 8.06. The molecule has 0 aromatic heterocycles. The van der Waals surface area contributed by atoms with Crippen LogP contribution in [0.25, 0.3) is 5.76 Å². The molecule has 1 saturated heterocycles. The third-order valence-corrected chi connectivity index (χ3v) is 5.54. The number of benzene rings is 2. The van der Waals surface area contributed by atoms with Crippen molar-refractivity contribution in [3.8, 4) is 11.5 Å². The van der Waals surface area contributed by atoms with E-state index in [0.717, 1.165) is 11.1 Å². The van der Waals surface area contributed by atoms with E-state index < -0.39 is 17.7 Å². The SMILES string of the molecule is Cc1ccc([C@H]2C(=C(O)c3ccc4c(c3)OCCO4)C(=O)C(=O)N2CCN(C)C)cc1. The summed E-state index contributed by atoms with van der Waals surface area (Å²) in [6.07, 6.45) is 0. The van der Waals surface area contributed by atoms with E-state index in [0.29, 0.717) is 43.4 Å². The number of ether oxygens (including phenoxy) is 2. The van der Waals surface area contributed by atoms with Gasteiger partial charge in [-0.15, -0.1) is 0 Å². The summed E-state index contributed by atoms with van der Waals surface area (Å²) in [7, 11) is 3.82. The Balaban J connectivity index is 1.81. The number of likely N-dealkylation sites (tertiary alicyclic amines) is 1. The zero-order chi connectivity index (χ0) is 22.1. The molecular weight excluding hydrogens is 396 g/mol. The van der Waals surface area contributed by atoms with Crippen molar-refractivity contribution < 1.29 is 24.2 Å². The van der Waals surface area contributed by atoms with Crippen LogP contribution in [0.15, 0.2) is 48.0 Å². The van der Waals surface area contributed by atoms with Crippen molar-refractivity contribution >= 4 is 17.4 Å². The van der Waals surface area contributed by atoms with Gasteiger partial charge in [0.05, 0.1) is 11.6 Å². The van der Waals surface area contributed by atoms with Crippen molar-refractivity contribution in [3.05, 3.63) is 64.7 Å². The number of hydrogen-bond donors (Lipinski definition) is 1. The van der Waals surface area contributed by atoms with Gasteiger partial charge in [-0.25, -0.2) is 0 Å². The summed E-state index contributed by atoms with van der Waals surface area (Å²) in [6.45, 7) is 3.81. The number of fused-ring (bicyclic) bond motifs is 1. The number of likely N-dealkylation sites (N-methyl/N-ethyl adjacent to an activating group) is 1. The Morgan fingerprint density at radius 1 is 1.06 bits per heavy atom. The van der Waals surface area contributed by atoms with Gasteiger partial charge in [0.2, 0.25) is 0 Å². The van der Waals surface area contributed by atoms with Crippen LogP contribution < -0.4 is 9.47 Å². The molecule has 0 unspecified atom stereocenters. The molecule has 7 heteroatoms. The van der Waals surface area contributed by atoms with Gasteiger partial charge in [0.15, 0.2) is 11.5 Å². The molecular formula is C24H26N2O5. The second kappa shape index (κ2) is 8.43. The van der Waals surface area contributed by atoms with Crippen LogP contribution in [-0.2, 0) is 9.59 Å². The predicted octanol–water partition coefficient (Wildman–Crippen LogP) is 2.75. The van der Waals surface area contributed by atoms with Gasteiger partial charge in [0, 0.05) is 18.7 Å².